The number of nitrogens with zero attached hydrogens (tertiary/aromatic N) is 7. The molecule has 0 saturated carbocycles. The van der Waals surface area contributed by atoms with E-state index in [2.05, 4.69) is 30.9 Å². The Morgan fingerprint density at radius 2 is 1.95 bits per heavy atom. The summed E-state index contributed by atoms with van der Waals surface area (Å²) in [4.78, 5) is 43.4. The van der Waals surface area contributed by atoms with Gasteiger partial charge in [-0.05, 0) is 31.2 Å². The lowest BCUT2D eigenvalue weighted by atomic mass is 10.2. The summed E-state index contributed by atoms with van der Waals surface area (Å²) in [5.41, 5.74) is 3.99. The third-order valence-electron chi connectivity index (χ3n) is 6.28. The van der Waals surface area contributed by atoms with Crippen LogP contribution in [0, 0.1) is 0 Å². The van der Waals surface area contributed by atoms with Gasteiger partial charge in [0, 0.05) is 43.0 Å². The Kier molecular flexibility index (Phi) is 6.56. The van der Waals surface area contributed by atoms with E-state index in [-0.39, 0.29) is 0 Å². The number of benzene rings is 1. The smallest absolute Gasteiger partial charge is 0.341 e. The molecule has 1 saturated heterocycles. The maximum Gasteiger partial charge on any atom is 0.341 e. The first-order valence-electron chi connectivity index (χ1n) is 12.4. The van der Waals surface area contributed by atoms with Crippen LogP contribution in [-0.2, 0) is 16.0 Å². The topological polar surface area (TPSA) is 122 Å². The van der Waals surface area contributed by atoms with E-state index >= 15 is 0 Å². The van der Waals surface area contributed by atoms with Crippen molar-refractivity contribution in [2.75, 3.05) is 49.8 Å². The number of nitrogens with one attached hydrogen (secondary N) is 1. The van der Waals surface area contributed by atoms with Gasteiger partial charge in [-0.1, -0.05) is 0 Å². The van der Waals surface area contributed by atoms with Gasteiger partial charge in [-0.25, -0.2) is 29.7 Å². The molecule has 1 N–H and O–H groups in total. The molecule has 38 heavy (non-hydrogen) atoms. The molecular formula is C26H26N8O3S. The monoisotopic (exact) mass is 530 g/mol. The average molecular weight is 531 g/mol. The van der Waals surface area contributed by atoms with Crippen LogP contribution in [0.15, 0.2) is 43.0 Å². The van der Waals surface area contributed by atoms with E-state index in [9.17, 15) is 4.79 Å². The fourth-order valence-electron chi connectivity index (χ4n) is 4.37. The van der Waals surface area contributed by atoms with Crippen LogP contribution in [0.3, 0.4) is 0 Å². The number of aromatic amines is 1. The molecular weight excluding hydrogens is 504 g/mol. The van der Waals surface area contributed by atoms with E-state index in [0.29, 0.717) is 43.7 Å². The van der Waals surface area contributed by atoms with Gasteiger partial charge in [0.15, 0.2) is 11.6 Å². The standard InChI is InChI=1S/C26H26N8O3S/c1-3-37-25(35)17-12-27-26(28-13-17)33(2)14-18-11-21-22(38-18)24(34-6-8-36-9-7-34)32-23(31-21)16-4-5-19-20(10-16)30-15-29-19/h4-5,10-13,15H,3,6-9,14H2,1-2H3,(H,29,30). The normalized spacial score (nSPS) is 13.8. The number of anilines is 2. The first-order chi connectivity index (χ1) is 18.6. The molecule has 0 radical (unpaired) electrons. The molecule has 194 valence electrons. The van der Waals surface area contributed by atoms with Crippen molar-refractivity contribution in [3.05, 3.63) is 53.4 Å². The van der Waals surface area contributed by atoms with Gasteiger partial charge in [0.05, 0.1) is 59.5 Å². The molecule has 0 amide bonds. The van der Waals surface area contributed by atoms with Crippen molar-refractivity contribution in [1.29, 1.82) is 0 Å². The Balaban J connectivity index is 1.33. The maximum absolute atomic E-state index is 11.9. The molecule has 0 aliphatic carbocycles. The second-order valence-electron chi connectivity index (χ2n) is 8.88. The van der Waals surface area contributed by atoms with Crippen molar-refractivity contribution < 1.29 is 14.3 Å². The van der Waals surface area contributed by atoms with Crippen LogP contribution in [0.5, 0.6) is 0 Å². The molecule has 11 nitrogen and oxygen atoms in total. The Morgan fingerprint density at radius 3 is 2.74 bits per heavy atom. The third-order valence-corrected chi connectivity index (χ3v) is 7.38. The molecule has 0 atom stereocenters. The zero-order valence-electron chi connectivity index (χ0n) is 21.0. The van der Waals surface area contributed by atoms with E-state index in [1.54, 1.807) is 24.6 Å². The van der Waals surface area contributed by atoms with Crippen LogP contribution >= 0.6 is 11.3 Å². The number of carbonyl (C=O) groups excluding carboxylic acids is 1. The molecule has 1 aliphatic rings. The number of rotatable bonds is 7. The molecule has 1 fully saturated rings. The summed E-state index contributed by atoms with van der Waals surface area (Å²) >= 11 is 1.67. The summed E-state index contributed by atoms with van der Waals surface area (Å²) < 4.78 is 11.6. The van der Waals surface area contributed by atoms with Crippen molar-refractivity contribution in [1.82, 2.24) is 29.9 Å². The van der Waals surface area contributed by atoms with Gasteiger partial charge in [-0.15, -0.1) is 11.3 Å². The summed E-state index contributed by atoms with van der Waals surface area (Å²) in [6.45, 7) is 5.54. The lowest BCUT2D eigenvalue weighted by Gasteiger charge is -2.28. The number of esters is 1. The van der Waals surface area contributed by atoms with E-state index in [1.807, 2.05) is 30.1 Å². The van der Waals surface area contributed by atoms with Gasteiger partial charge in [0.2, 0.25) is 5.95 Å². The number of aromatic nitrogens is 6. The van der Waals surface area contributed by atoms with Crippen LogP contribution in [0.25, 0.3) is 32.6 Å². The highest BCUT2D eigenvalue weighted by Crippen LogP contribution is 2.35. The summed E-state index contributed by atoms with van der Waals surface area (Å²) in [6, 6.07) is 8.13. The highest BCUT2D eigenvalue weighted by Gasteiger charge is 2.21. The van der Waals surface area contributed by atoms with Gasteiger partial charge in [0.25, 0.3) is 0 Å². The number of fused-ring (bicyclic) bond motifs is 2. The van der Waals surface area contributed by atoms with Crippen LogP contribution in [0.2, 0.25) is 0 Å². The lowest BCUT2D eigenvalue weighted by molar-refractivity contribution is 0.0525. The summed E-state index contributed by atoms with van der Waals surface area (Å²) in [7, 11) is 1.92. The third kappa shape index (κ3) is 4.75. The first kappa shape index (κ1) is 24.2. The van der Waals surface area contributed by atoms with Gasteiger partial charge in [-0.2, -0.15) is 0 Å². The van der Waals surface area contributed by atoms with Crippen LogP contribution in [-0.4, -0.2) is 75.8 Å². The van der Waals surface area contributed by atoms with Crippen molar-refractivity contribution in [2.24, 2.45) is 0 Å². The van der Waals surface area contributed by atoms with Gasteiger partial charge in [-0.3, -0.25) is 0 Å². The molecule has 12 heteroatoms. The van der Waals surface area contributed by atoms with Crippen LogP contribution < -0.4 is 9.80 Å². The average Bonchev–Trinajstić information content (AvgIpc) is 3.59. The highest BCUT2D eigenvalue weighted by molar-refractivity contribution is 7.19. The number of carbonyl (C=O) groups is 1. The van der Waals surface area contributed by atoms with Crippen molar-refractivity contribution in [3.63, 3.8) is 0 Å². The molecule has 1 aliphatic heterocycles. The van der Waals surface area contributed by atoms with Gasteiger partial charge in [0.1, 0.15) is 0 Å². The number of H-pyrrole nitrogens is 1. The van der Waals surface area contributed by atoms with E-state index in [0.717, 1.165) is 50.6 Å². The quantitative estimate of drug-likeness (QED) is 0.312. The van der Waals surface area contributed by atoms with Crippen molar-refractivity contribution in [2.45, 2.75) is 13.5 Å². The molecule has 0 bridgehead atoms. The minimum absolute atomic E-state index is 0.307. The summed E-state index contributed by atoms with van der Waals surface area (Å²) in [5, 5.41) is 0. The molecule has 1 aromatic carbocycles. The maximum atomic E-state index is 11.9. The Bertz CT molecular complexity index is 1590. The Hall–Kier alpha value is -4.16. The fourth-order valence-corrected chi connectivity index (χ4v) is 5.54. The Morgan fingerprint density at radius 1 is 1.13 bits per heavy atom. The molecule has 5 heterocycles. The van der Waals surface area contributed by atoms with Gasteiger partial charge >= 0.3 is 5.97 Å². The number of imidazole rings is 1. The Labute approximate surface area is 222 Å². The SMILES string of the molecule is CCOC(=O)c1cnc(N(C)Cc2cc3nc(-c4ccc5[nH]cnc5c4)nc(N4CCOCC4)c3s2)nc1. The number of hydrogen-bond acceptors (Lipinski definition) is 11. The van der Waals surface area contributed by atoms with E-state index < -0.39 is 5.97 Å². The molecule has 4 aromatic heterocycles. The fraction of sp³-hybridized carbons (Fsp3) is 0.308. The number of thiophene rings is 1. The predicted octanol–water partition coefficient (Wildman–Crippen LogP) is 3.67. The number of ether oxygens (including phenoxy) is 2. The van der Waals surface area contributed by atoms with Gasteiger partial charge < -0.3 is 24.3 Å². The minimum Gasteiger partial charge on any atom is -0.462 e. The predicted molar refractivity (Wildman–Crippen MR) is 146 cm³/mol. The second-order valence-corrected chi connectivity index (χ2v) is 10.0. The summed E-state index contributed by atoms with van der Waals surface area (Å²) in [5.74, 6) is 1.68. The highest BCUT2D eigenvalue weighted by atomic mass is 32.1. The van der Waals surface area contributed by atoms with Crippen LogP contribution in [0.4, 0.5) is 11.8 Å². The van der Waals surface area contributed by atoms with E-state index in [1.165, 1.54) is 12.4 Å². The molecule has 0 unspecified atom stereocenters. The summed E-state index contributed by atoms with van der Waals surface area (Å²) in [6.07, 6.45) is 4.67. The number of morpholine rings is 1. The first-order valence-corrected chi connectivity index (χ1v) is 13.2. The lowest BCUT2D eigenvalue weighted by Crippen LogP contribution is -2.36. The second kappa shape index (κ2) is 10.3. The van der Waals surface area contributed by atoms with Crippen molar-refractivity contribution in [3.8, 4) is 11.4 Å². The largest absolute Gasteiger partial charge is 0.462 e. The minimum atomic E-state index is -0.428. The molecule has 0 spiro atoms. The van der Waals surface area contributed by atoms with Crippen LogP contribution in [0.1, 0.15) is 22.2 Å². The zero-order chi connectivity index (χ0) is 26.1. The van der Waals surface area contributed by atoms with Crippen molar-refractivity contribution >= 4 is 50.3 Å². The zero-order valence-corrected chi connectivity index (χ0v) is 21.9. The van der Waals surface area contributed by atoms with E-state index in [4.69, 9.17) is 19.4 Å². The molecule has 5 aromatic rings. The number of hydrogen-bond donors (Lipinski definition) is 1. The molecule has 6 rings (SSSR count).